The number of carbonyl (C=O) groups is 1. The Hall–Kier alpha value is -1.31. The fraction of sp³-hybridized carbons (Fsp3) is 0.500. The zero-order chi connectivity index (χ0) is 12.1. The van der Waals surface area contributed by atoms with Crippen LogP contribution >= 0.6 is 0 Å². The van der Waals surface area contributed by atoms with Gasteiger partial charge < -0.3 is 5.32 Å². The number of Topliss-reactive ketones (excluding diaryl/α,β-unsaturated/α-hetero) is 1. The molecule has 0 aliphatic rings. The van der Waals surface area contributed by atoms with E-state index in [1.807, 2.05) is 24.3 Å². The van der Waals surface area contributed by atoms with Gasteiger partial charge in [-0.05, 0) is 31.4 Å². The van der Waals surface area contributed by atoms with Crippen molar-refractivity contribution in [2.75, 3.05) is 5.32 Å². The van der Waals surface area contributed by atoms with E-state index in [2.05, 4.69) is 26.1 Å². The first-order valence-corrected chi connectivity index (χ1v) is 5.92. The van der Waals surface area contributed by atoms with Gasteiger partial charge in [-0.2, -0.15) is 0 Å². The number of hydrogen-bond acceptors (Lipinski definition) is 2. The Morgan fingerprint density at radius 1 is 1.38 bits per heavy atom. The molecule has 0 amide bonds. The Labute approximate surface area is 98.1 Å². The summed E-state index contributed by atoms with van der Waals surface area (Å²) in [6.45, 7) is 8.18. The third kappa shape index (κ3) is 3.37. The van der Waals surface area contributed by atoms with Crippen LogP contribution in [-0.2, 0) is 0 Å². The number of nitrogens with one attached hydrogen (secondary N) is 1. The Morgan fingerprint density at radius 3 is 2.56 bits per heavy atom. The Kier molecular flexibility index (Phi) is 4.53. The molecule has 0 aromatic heterocycles. The van der Waals surface area contributed by atoms with Gasteiger partial charge in [-0.3, -0.25) is 4.79 Å². The molecule has 0 saturated carbocycles. The van der Waals surface area contributed by atoms with Crippen molar-refractivity contribution in [1.82, 2.24) is 0 Å². The summed E-state index contributed by atoms with van der Waals surface area (Å²) < 4.78 is 0. The highest BCUT2D eigenvalue weighted by atomic mass is 16.1. The van der Waals surface area contributed by atoms with Crippen molar-refractivity contribution in [2.24, 2.45) is 5.92 Å². The molecule has 2 nitrogen and oxygen atoms in total. The second kappa shape index (κ2) is 5.69. The van der Waals surface area contributed by atoms with Crippen LogP contribution in [0.3, 0.4) is 0 Å². The average molecular weight is 219 g/mol. The number of anilines is 1. The van der Waals surface area contributed by atoms with Crippen LogP contribution in [0.25, 0.3) is 0 Å². The molecular weight excluding hydrogens is 198 g/mol. The molecule has 0 bridgehead atoms. The van der Waals surface area contributed by atoms with Crippen molar-refractivity contribution in [2.45, 2.75) is 40.2 Å². The Balaban J connectivity index is 2.80. The molecule has 0 aliphatic carbocycles. The summed E-state index contributed by atoms with van der Waals surface area (Å²) in [6.07, 6.45) is 1.09. The number of benzene rings is 1. The molecule has 0 radical (unpaired) electrons. The van der Waals surface area contributed by atoms with Crippen LogP contribution in [0.4, 0.5) is 5.69 Å². The normalized spacial score (nSPS) is 12.6. The SMILES string of the molecule is CCC(Nc1cccc(C(C)=O)c1)C(C)C. The van der Waals surface area contributed by atoms with Gasteiger partial charge in [-0.25, -0.2) is 0 Å². The largest absolute Gasteiger partial charge is 0.382 e. The summed E-state index contributed by atoms with van der Waals surface area (Å²) in [5.74, 6) is 0.701. The summed E-state index contributed by atoms with van der Waals surface area (Å²) in [6, 6.07) is 8.17. The predicted octanol–water partition coefficient (Wildman–Crippen LogP) is 3.74. The lowest BCUT2D eigenvalue weighted by molar-refractivity contribution is 0.101. The van der Waals surface area contributed by atoms with Crippen molar-refractivity contribution in [3.8, 4) is 0 Å². The summed E-state index contributed by atoms with van der Waals surface area (Å²) in [4.78, 5) is 11.3. The van der Waals surface area contributed by atoms with Crippen LogP contribution in [0.5, 0.6) is 0 Å². The van der Waals surface area contributed by atoms with E-state index in [4.69, 9.17) is 0 Å². The van der Waals surface area contributed by atoms with Crippen molar-refractivity contribution in [1.29, 1.82) is 0 Å². The third-order valence-electron chi connectivity index (χ3n) is 2.87. The summed E-state index contributed by atoms with van der Waals surface area (Å²) >= 11 is 0. The Bertz CT molecular complexity index is 358. The molecule has 1 unspecified atom stereocenters. The minimum atomic E-state index is 0.112. The molecule has 0 saturated heterocycles. The lowest BCUT2D eigenvalue weighted by Crippen LogP contribution is -2.24. The zero-order valence-electron chi connectivity index (χ0n) is 10.6. The molecule has 1 rings (SSSR count). The fourth-order valence-corrected chi connectivity index (χ4v) is 1.78. The standard InChI is InChI=1S/C14H21NO/c1-5-14(10(2)3)15-13-8-6-7-12(9-13)11(4)16/h6-10,14-15H,5H2,1-4H3. The third-order valence-corrected chi connectivity index (χ3v) is 2.87. The van der Waals surface area contributed by atoms with Gasteiger partial charge in [0.25, 0.3) is 0 Å². The van der Waals surface area contributed by atoms with Crippen LogP contribution in [-0.4, -0.2) is 11.8 Å². The molecule has 2 heteroatoms. The predicted molar refractivity (Wildman–Crippen MR) is 69.0 cm³/mol. The number of ketones is 1. The van der Waals surface area contributed by atoms with Gasteiger partial charge in [0, 0.05) is 17.3 Å². The van der Waals surface area contributed by atoms with Crippen LogP contribution in [0.1, 0.15) is 44.5 Å². The summed E-state index contributed by atoms with van der Waals surface area (Å²) in [5, 5.41) is 3.47. The monoisotopic (exact) mass is 219 g/mol. The molecule has 0 aliphatic heterocycles. The maximum Gasteiger partial charge on any atom is 0.159 e. The molecule has 1 atom stereocenters. The molecule has 0 heterocycles. The van der Waals surface area contributed by atoms with Gasteiger partial charge >= 0.3 is 0 Å². The number of rotatable bonds is 5. The lowest BCUT2D eigenvalue weighted by Gasteiger charge is -2.22. The van der Waals surface area contributed by atoms with E-state index in [-0.39, 0.29) is 5.78 Å². The van der Waals surface area contributed by atoms with Gasteiger partial charge in [0.15, 0.2) is 5.78 Å². The molecule has 16 heavy (non-hydrogen) atoms. The van der Waals surface area contributed by atoms with Crippen molar-refractivity contribution in [3.05, 3.63) is 29.8 Å². The van der Waals surface area contributed by atoms with E-state index < -0.39 is 0 Å². The van der Waals surface area contributed by atoms with Crippen molar-refractivity contribution in [3.63, 3.8) is 0 Å². The summed E-state index contributed by atoms with van der Waals surface area (Å²) in [5.41, 5.74) is 1.80. The van der Waals surface area contributed by atoms with Crippen LogP contribution in [0.15, 0.2) is 24.3 Å². The first kappa shape index (κ1) is 12.8. The second-order valence-corrected chi connectivity index (χ2v) is 4.54. The van der Waals surface area contributed by atoms with Gasteiger partial charge in [-0.1, -0.05) is 32.9 Å². The smallest absolute Gasteiger partial charge is 0.159 e. The van der Waals surface area contributed by atoms with Gasteiger partial charge in [0.05, 0.1) is 0 Å². The minimum Gasteiger partial charge on any atom is -0.382 e. The van der Waals surface area contributed by atoms with Gasteiger partial charge in [-0.15, -0.1) is 0 Å². The average Bonchev–Trinajstić information content (AvgIpc) is 2.25. The van der Waals surface area contributed by atoms with E-state index in [1.54, 1.807) is 6.92 Å². The van der Waals surface area contributed by atoms with E-state index >= 15 is 0 Å². The first-order chi connectivity index (χ1) is 7.54. The maximum atomic E-state index is 11.3. The van der Waals surface area contributed by atoms with E-state index in [9.17, 15) is 4.79 Å². The molecule has 0 spiro atoms. The minimum absolute atomic E-state index is 0.112. The number of carbonyl (C=O) groups excluding carboxylic acids is 1. The highest BCUT2D eigenvalue weighted by molar-refractivity contribution is 5.94. The topological polar surface area (TPSA) is 29.1 Å². The molecule has 1 aromatic carbocycles. The summed E-state index contributed by atoms with van der Waals surface area (Å²) in [7, 11) is 0. The molecule has 0 fully saturated rings. The van der Waals surface area contributed by atoms with Crippen LogP contribution < -0.4 is 5.32 Å². The van der Waals surface area contributed by atoms with Crippen molar-refractivity contribution < 1.29 is 4.79 Å². The number of hydrogen-bond donors (Lipinski definition) is 1. The van der Waals surface area contributed by atoms with Crippen LogP contribution in [0, 0.1) is 5.92 Å². The molecule has 1 aromatic rings. The fourth-order valence-electron chi connectivity index (χ4n) is 1.78. The van der Waals surface area contributed by atoms with Gasteiger partial charge in [0.2, 0.25) is 0 Å². The molecule has 1 N–H and O–H groups in total. The molecular formula is C14H21NO. The highest BCUT2D eigenvalue weighted by Gasteiger charge is 2.10. The second-order valence-electron chi connectivity index (χ2n) is 4.54. The van der Waals surface area contributed by atoms with Gasteiger partial charge in [0.1, 0.15) is 0 Å². The Morgan fingerprint density at radius 2 is 2.06 bits per heavy atom. The highest BCUT2D eigenvalue weighted by Crippen LogP contribution is 2.16. The zero-order valence-corrected chi connectivity index (χ0v) is 10.6. The van der Waals surface area contributed by atoms with E-state index in [1.165, 1.54) is 0 Å². The molecule has 88 valence electrons. The van der Waals surface area contributed by atoms with E-state index in [0.717, 1.165) is 17.7 Å². The first-order valence-electron chi connectivity index (χ1n) is 5.92. The lowest BCUT2D eigenvalue weighted by atomic mass is 10.0. The van der Waals surface area contributed by atoms with E-state index in [0.29, 0.717) is 12.0 Å². The quantitative estimate of drug-likeness (QED) is 0.764. The maximum absolute atomic E-state index is 11.3. The van der Waals surface area contributed by atoms with Crippen molar-refractivity contribution >= 4 is 11.5 Å². The van der Waals surface area contributed by atoms with Crippen LogP contribution in [0.2, 0.25) is 0 Å².